The van der Waals surface area contributed by atoms with Crippen molar-refractivity contribution >= 4 is 47.3 Å². The van der Waals surface area contributed by atoms with E-state index in [9.17, 15) is 0 Å². The summed E-state index contributed by atoms with van der Waals surface area (Å²) in [5.74, 6) is 0. The van der Waals surface area contributed by atoms with Gasteiger partial charge in [0.1, 0.15) is 0 Å². The van der Waals surface area contributed by atoms with Crippen LogP contribution < -0.4 is 0 Å². The Kier molecular flexibility index (Phi) is 6.65. The summed E-state index contributed by atoms with van der Waals surface area (Å²) in [5, 5.41) is 0. The third-order valence-electron chi connectivity index (χ3n) is 9.66. The topological polar surface area (TPSA) is 0 Å². The van der Waals surface area contributed by atoms with E-state index < -0.39 is 18.0 Å². The van der Waals surface area contributed by atoms with Gasteiger partial charge in [-0.25, -0.2) is 0 Å². The zero-order valence-electron chi connectivity index (χ0n) is 22.3. The first-order chi connectivity index (χ1) is 18.2. The molecule has 0 fully saturated rings. The molecule has 190 valence electrons. The summed E-state index contributed by atoms with van der Waals surface area (Å²) in [4.78, 5) is 0. The Morgan fingerprint density at radius 1 is 0.579 bits per heavy atom. The molecule has 2 aliphatic rings. The molecule has 0 saturated heterocycles. The molecule has 0 spiro atoms. The van der Waals surface area contributed by atoms with Crippen molar-refractivity contribution in [3.8, 4) is 22.3 Å². The Labute approximate surface area is 244 Å². The Morgan fingerprint density at radius 3 is 1.34 bits per heavy atom. The molecule has 2 unspecified atom stereocenters. The van der Waals surface area contributed by atoms with Crippen LogP contribution in [0, 0.1) is 0 Å². The molecule has 0 aliphatic heterocycles. The maximum absolute atomic E-state index is 3.85. The van der Waals surface area contributed by atoms with Crippen LogP contribution in [0.1, 0.15) is 43.5 Å². The summed E-state index contributed by atoms with van der Waals surface area (Å²) in [7, 11) is 0. The van der Waals surface area contributed by atoms with Gasteiger partial charge in [0, 0.05) is 0 Å². The SMILES string of the molecule is C[C](C)=[Hf]([CH3])([CH3])([CH]1C=Cc2c(-c3ccc(Br)cc3)cccc21)[CH]1C=Cc2c(-c3ccc(Br)cc3)cccc21. The number of hydrogen-bond acceptors (Lipinski definition) is 0. The molecule has 4 aromatic rings. The average Bonchev–Trinajstić information content (AvgIpc) is 3.55. The Morgan fingerprint density at radius 2 is 0.974 bits per heavy atom. The molecule has 0 radical (unpaired) electrons. The fraction of sp³-hybridized carbons (Fsp3) is 0.171. The number of halogens is 2. The number of fused-ring (bicyclic) bond motifs is 2. The average molecular weight is 791 g/mol. The second-order valence-corrected chi connectivity index (χ2v) is 40.6. The first-order valence-electron chi connectivity index (χ1n) is 13.3. The third kappa shape index (κ3) is 4.03. The fourth-order valence-corrected chi connectivity index (χ4v) is 26.8. The molecule has 2 atom stereocenters. The minimum absolute atomic E-state index is 0.472. The molecular weight excluding hydrogens is 759 g/mol. The van der Waals surface area contributed by atoms with E-state index in [1.165, 1.54) is 44.5 Å². The molecule has 0 nitrogen and oxygen atoms in total. The van der Waals surface area contributed by atoms with E-state index >= 15 is 0 Å². The van der Waals surface area contributed by atoms with Crippen LogP contribution in [0.2, 0.25) is 9.36 Å². The summed E-state index contributed by atoms with van der Waals surface area (Å²) in [5.41, 5.74) is 11.1. The monoisotopic (exact) mass is 790 g/mol. The van der Waals surface area contributed by atoms with Gasteiger partial charge in [-0.2, -0.15) is 0 Å². The molecule has 0 N–H and O–H groups in total. The second kappa shape index (κ2) is 9.61. The van der Waals surface area contributed by atoms with E-state index in [4.69, 9.17) is 0 Å². The van der Waals surface area contributed by atoms with Crippen LogP contribution >= 0.6 is 31.9 Å². The quantitative estimate of drug-likeness (QED) is 0.181. The molecule has 0 bridgehead atoms. The minimum atomic E-state index is -3.85. The predicted octanol–water partition coefficient (Wildman–Crippen LogP) is 11.4. The fourth-order valence-electron chi connectivity index (χ4n) is 6.80. The molecule has 0 amide bonds. The van der Waals surface area contributed by atoms with Gasteiger partial charge in [0.25, 0.3) is 0 Å². The van der Waals surface area contributed by atoms with Gasteiger partial charge in [-0.15, -0.1) is 0 Å². The molecule has 0 aromatic heterocycles. The van der Waals surface area contributed by atoms with Crippen LogP contribution in [0.25, 0.3) is 34.4 Å². The molecule has 4 aromatic carbocycles. The maximum atomic E-state index is 3.60. The van der Waals surface area contributed by atoms with Crippen LogP contribution in [0.3, 0.4) is 0 Å². The molecule has 0 saturated carbocycles. The van der Waals surface area contributed by atoms with Crippen molar-refractivity contribution in [3.63, 3.8) is 0 Å². The zero-order valence-corrected chi connectivity index (χ0v) is 29.1. The number of hydrogen-bond donors (Lipinski definition) is 0. The molecule has 3 heteroatoms. The Hall–Kier alpha value is -1.94. The first-order valence-corrected chi connectivity index (χ1v) is 28.0. The first kappa shape index (κ1) is 26.3. The van der Waals surface area contributed by atoms with Crippen LogP contribution in [0.4, 0.5) is 0 Å². The van der Waals surface area contributed by atoms with E-state index in [0.29, 0.717) is 7.35 Å². The van der Waals surface area contributed by atoms with Crippen molar-refractivity contribution in [3.05, 3.63) is 128 Å². The van der Waals surface area contributed by atoms with Crippen LogP contribution in [0.5, 0.6) is 0 Å². The summed E-state index contributed by atoms with van der Waals surface area (Å²) in [6.45, 7) is 4.84. The number of allylic oxidation sites excluding steroid dienone is 2. The van der Waals surface area contributed by atoms with Crippen LogP contribution in [-0.4, -0.2) is 3.26 Å². The van der Waals surface area contributed by atoms with Gasteiger partial charge >= 0.3 is 246 Å². The van der Waals surface area contributed by atoms with Gasteiger partial charge in [-0.3, -0.25) is 0 Å². The van der Waals surface area contributed by atoms with Gasteiger partial charge in [0.2, 0.25) is 0 Å². The standard InChI is InChI=1S/2C15H10Br.C3H6.2CH3.Hf/c2*16-13-9-7-12(8-10-13)15-6-2-4-11-3-1-5-14(11)15;1-3-2;;;/h2*1-10H;1-2H3;2*1H3;. The predicted molar refractivity (Wildman–Crippen MR) is 171 cm³/mol. The van der Waals surface area contributed by atoms with Crippen molar-refractivity contribution in [2.75, 3.05) is 0 Å². The van der Waals surface area contributed by atoms with Gasteiger partial charge < -0.3 is 0 Å². The van der Waals surface area contributed by atoms with Crippen molar-refractivity contribution in [1.82, 2.24) is 0 Å². The third-order valence-corrected chi connectivity index (χ3v) is 39.4. The van der Waals surface area contributed by atoms with Gasteiger partial charge in [-0.1, -0.05) is 0 Å². The van der Waals surface area contributed by atoms with E-state index in [1.54, 1.807) is 3.26 Å². The van der Waals surface area contributed by atoms with Crippen molar-refractivity contribution in [2.45, 2.75) is 30.6 Å². The van der Waals surface area contributed by atoms with E-state index in [2.05, 4.69) is 164 Å². The van der Waals surface area contributed by atoms with Crippen molar-refractivity contribution in [2.24, 2.45) is 0 Å². The molecule has 6 rings (SSSR count). The van der Waals surface area contributed by atoms with Crippen LogP contribution in [0.15, 0.2) is 106 Å². The van der Waals surface area contributed by atoms with E-state index in [1.807, 2.05) is 0 Å². The molecule has 0 heterocycles. The summed E-state index contributed by atoms with van der Waals surface area (Å²) in [6, 6.07) is 31.4. The molecular formula is C35H32Br2Hf. The second-order valence-electron chi connectivity index (χ2n) is 11.9. The summed E-state index contributed by atoms with van der Waals surface area (Å²) in [6.07, 6.45) is 9.95. The summed E-state index contributed by atoms with van der Waals surface area (Å²) >= 11 is 3.34. The normalized spacial score (nSPS) is 18.0. The van der Waals surface area contributed by atoms with Crippen molar-refractivity contribution < 1.29 is 18.0 Å². The Bertz CT molecular complexity index is 1580. The molecule has 38 heavy (non-hydrogen) atoms. The van der Waals surface area contributed by atoms with Gasteiger partial charge in [0.05, 0.1) is 0 Å². The Balaban J connectivity index is 1.50. The van der Waals surface area contributed by atoms with E-state index in [-0.39, 0.29) is 0 Å². The van der Waals surface area contributed by atoms with E-state index in [0.717, 1.165) is 8.95 Å². The van der Waals surface area contributed by atoms with Crippen molar-refractivity contribution in [1.29, 1.82) is 0 Å². The van der Waals surface area contributed by atoms with Gasteiger partial charge in [0.15, 0.2) is 0 Å². The number of rotatable bonds is 4. The zero-order chi connectivity index (χ0) is 26.7. The van der Waals surface area contributed by atoms with Crippen LogP contribution in [-0.2, 0) is 18.0 Å². The molecule has 2 aliphatic carbocycles. The number of benzene rings is 4. The summed E-state index contributed by atoms with van der Waals surface area (Å²) < 4.78 is 10.3. The van der Waals surface area contributed by atoms with Gasteiger partial charge in [-0.05, 0) is 0 Å².